The van der Waals surface area contributed by atoms with Crippen molar-refractivity contribution in [1.82, 2.24) is 0 Å². The summed E-state index contributed by atoms with van der Waals surface area (Å²) in [4.78, 5) is 24.4. The normalized spacial score (nSPS) is 11.6. The van der Waals surface area contributed by atoms with Crippen molar-refractivity contribution in [2.75, 3.05) is 4.90 Å². The third-order valence-corrected chi connectivity index (χ3v) is 7.45. The summed E-state index contributed by atoms with van der Waals surface area (Å²) in [6.07, 6.45) is 10.6. The SMILES string of the molecule is N#CC(=Cc1ccc(C=Cc2ccc(N(c3ccccc3)c3ccc(C=Cc4ccc(C=C(C#N)C(=O)O)cc4)cc3)cc2)cc1)C(=O)O. The van der Waals surface area contributed by atoms with Crippen molar-refractivity contribution < 1.29 is 19.8 Å². The molecule has 0 radical (unpaired) electrons. The van der Waals surface area contributed by atoms with E-state index in [2.05, 4.69) is 41.3 Å². The van der Waals surface area contributed by atoms with Crippen molar-refractivity contribution >= 4 is 65.5 Å². The lowest BCUT2D eigenvalue weighted by molar-refractivity contribution is -0.133. The van der Waals surface area contributed by atoms with E-state index in [1.165, 1.54) is 12.2 Å². The fourth-order valence-electron chi connectivity index (χ4n) is 4.90. The lowest BCUT2D eigenvalue weighted by atomic mass is 10.1. The minimum Gasteiger partial charge on any atom is -0.477 e. The Morgan fingerprint density at radius 3 is 1.04 bits per heavy atom. The Morgan fingerprint density at radius 1 is 0.449 bits per heavy atom. The van der Waals surface area contributed by atoms with E-state index in [0.29, 0.717) is 11.1 Å². The van der Waals surface area contributed by atoms with Gasteiger partial charge in [0.25, 0.3) is 0 Å². The molecule has 7 nitrogen and oxygen atoms in total. The number of para-hydroxylation sites is 1. The molecule has 0 aliphatic carbocycles. The van der Waals surface area contributed by atoms with Gasteiger partial charge in [0, 0.05) is 17.1 Å². The fraction of sp³-hybridized carbons (Fsp3) is 0. The van der Waals surface area contributed by atoms with Crippen LogP contribution in [0.1, 0.15) is 33.4 Å². The zero-order valence-corrected chi connectivity index (χ0v) is 26.1. The summed E-state index contributed by atoms with van der Waals surface area (Å²) in [6, 6.07) is 44.5. The minimum atomic E-state index is -1.25. The van der Waals surface area contributed by atoms with Gasteiger partial charge in [0.15, 0.2) is 0 Å². The molecule has 236 valence electrons. The first-order valence-electron chi connectivity index (χ1n) is 15.1. The number of hydrogen-bond acceptors (Lipinski definition) is 5. The maximum atomic E-state index is 11.1. The molecule has 0 fully saturated rings. The van der Waals surface area contributed by atoms with Crippen LogP contribution in [0, 0.1) is 22.7 Å². The first-order chi connectivity index (χ1) is 23.8. The third kappa shape index (κ3) is 8.95. The molecular formula is C42H29N3O4. The second-order valence-electron chi connectivity index (χ2n) is 10.8. The van der Waals surface area contributed by atoms with Crippen molar-refractivity contribution in [1.29, 1.82) is 10.5 Å². The molecular weight excluding hydrogens is 610 g/mol. The van der Waals surface area contributed by atoms with Crippen molar-refractivity contribution in [3.63, 3.8) is 0 Å². The monoisotopic (exact) mass is 639 g/mol. The Bertz CT molecular complexity index is 2010. The largest absolute Gasteiger partial charge is 0.477 e. The summed E-state index contributed by atoms with van der Waals surface area (Å²) in [5, 5.41) is 36.1. The number of nitrogens with zero attached hydrogens (tertiary/aromatic N) is 3. The van der Waals surface area contributed by atoms with E-state index in [1.807, 2.05) is 91.0 Å². The lowest BCUT2D eigenvalue weighted by Crippen LogP contribution is -2.09. The maximum Gasteiger partial charge on any atom is 0.346 e. The summed E-state index contributed by atoms with van der Waals surface area (Å²) < 4.78 is 0. The van der Waals surface area contributed by atoms with Crippen LogP contribution in [0.4, 0.5) is 17.1 Å². The molecule has 49 heavy (non-hydrogen) atoms. The zero-order valence-electron chi connectivity index (χ0n) is 26.1. The summed E-state index contributed by atoms with van der Waals surface area (Å²) in [5.74, 6) is -2.50. The van der Waals surface area contributed by atoms with E-state index in [4.69, 9.17) is 20.7 Å². The highest BCUT2D eigenvalue weighted by atomic mass is 16.4. The number of carbonyl (C=O) groups is 2. The molecule has 5 aromatic carbocycles. The quantitative estimate of drug-likeness (QED) is 0.0837. The molecule has 0 aromatic heterocycles. The summed E-state index contributed by atoms with van der Waals surface area (Å²) in [6.45, 7) is 0. The molecule has 2 N–H and O–H groups in total. The van der Waals surface area contributed by atoms with Crippen LogP contribution >= 0.6 is 0 Å². The highest BCUT2D eigenvalue weighted by molar-refractivity contribution is 5.97. The van der Waals surface area contributed by atoms with Crippen molar-refractivity contribution in [3.05, 3.63) is 172 Å². The highest BCUT2D eigenvalue weighted by Crippen LogP contribution is 2.34. The molecule has 0 atom stereocenters. The van der Waals surface area contributed by atoms with Crippen LogP contribution in [0.2, 0.25) is 0 Å². The predicted molar refractivity (Wildman–Crippen MR) is 194 cm³/mol. The summed E-state index contributed by atoms with van der Waals surface area (Å²) >= 11 is 0. The first kappa shape index (κ1) is 33.2. The molecule has 0 spiro atoms. The molecule has 7 heteroatoms. The molecule has 0 saturated carbocycles. The number of benzene rings is 5. The van der Waals surface area contributed by atoms with Crippen molar-refractivity contribution in [2.45, 2.75) is 0 Å². The topological polar surface area (TPSA) is 125 Å². The van der Waals surface area contributed by atoms with Crippen LogP contribution in [0.15, 0.2) is 139 Å². The first-order valence-corrected chi connectivity index (χ1v) is 15.1. The van der Waals surface area contributed by atoms with Crippen LogP contribution in [0.3, 0.4) is 0 Å². The number of nitriles is 2. The van der Waals surface area contributed by atoms with Crippen molar-refractivity contribution in [3.8, 4) is 12.1 Å². The second-order valence-corrected chi connectivity index (χ2v) is 10.8. The van der Waals surface area contributed by atoms with Crippen LogP contribution in [0.5, 0.6) is 0 Å². The Morgan fingerprint density at radius 2 is 0.735 bits per heavy atom. The van der Waals surface area contributed by atoms with E-state index < -0.39 is 11.9 Å². The number of aliphatic carboxylic acids is 2. The van der Waals surface area contributed by atoms with E-state index in [9.17, 15) is 9.59 Å². The number of anilines is 3. The molecule has 0 aliphatic heterocycles. The van der Waals surface area contributed by atoms with Crippen LogP contribution in [0.25, 0.3) is 36.5 Å². The van der Waals surface area contributed by atoms with Gasteiger partial charge in [-0.2, -0.15) is 10.5 Å². The van der Waals surface area contributed by atoms with Gasteiger partial charge in [0.1, 0.15) is 23.3 Å². The van der Waals surface area contributed by atoms with Gasteiger partial charge in [-0.05, 0) is 81.9 Å². The van der Waals surface area contributed by atoms with Gasteiger partial charge in [-0.1, -0.05) is 115 Å². The van der Waals surface area contributed by atoms with Gasteiger partial charge < -0.3 is 15.1 Å². The number of rotatable bonds is 11. The molecule has 0 bridgehead atoms. The van der Waals surface area contributed by atoms with E-state index in [1.54, 1.807) is 36.4 Å². The van der Waals surface area contributed by atoms with Crippen LogP contribution in [-0.2, 0) is 9.59 Å². The number of carboxylic acid groups (broad SMARTS) is 2. The summed E-state index contributed by atoms with van der Waals surface area (Å²) in [5.41, 5.74) is 7.55. The molecule has 0 amide bonds. The van der Waals surface area contributed by atoms with Gasteiger partial charge in [-0.3, -0.25) is 0 Å². The second kappa shape index (κ2) is 15.9. The Balaban J connectivity index is 1.31. The van der Waals surface area contributed by atoms with E-state index in [-0.39, 0.29) is 11.1 Å². The van der Waals surface area contributed by atoms with Gasteiger partial charge in [-0.25, -0.2) is 9.59 Å². The minimum absolute atomic E-state index is 0.313. The summed E-state index contributed by atoms with van der Waals surface area (Å²) in [7, 11) is 0. The molecule has 0 saturated heterocycles. The van der Waals surface area contributed by atoms with Gasteiger partial charge >= 0.3 is 11.9 Å². The van der Waals surface area contributed by atoms with E-state index >= 15 is 0 Å². The maximum absolute atomic E-state index is 11.1. The molecule has 5 aromatic rings. The van der Waals surface area contributed by atoms with Crippen LogP contribution in [-0.4, -0.2) is 22.2 Å². The van der Waals surface area contributed by atoms with Crippen molar-refractivity contribution in [2.24, 2.45) is 0 Å². The average molecular weight is 640 g/mol. The Kier molecular flexibility index (Phi) is 10.7. The smallest absolute Gasteiger partial charge is 0.346 e. The molecule has 5 rings (SSSR count). The fourth-order valence-corrected chi connectivity index (χ4v) is 4.90. The van der Waals surface area contributed by atoms with Gasteiger partial charge in [0.05, 0.1) is 0 Å². The van der Waals surface area contributed by atoms with Gasteiger partial charge in [-0.15, -0.1) is 0 Å². The standard InChI is InChI=1S/C42H29N3O4/c43-28-36(41(46)47)26-34-14-10-30(11-15-34)6-8-32-18-22-39(23-19-32)45(38-4-2-1-3-5-38)40-24-20-33(21-25-40)9-7-31-12-16-35(17-13-31)27-37(29-44)42(48)49/h1-27H,(H,46,47)(H,48,49). The molecule has 0 heterocycles. The molecule has 0 aliphatic rings. The third-order valence-electron chi connectivity index (χ3n) is 7.45. The molecule has 0 unspecified atom stereocenters. The van der Waals surface area contributed by atoms with E-state index in [0.717, 1.165) is 39.3 Å². The average Bonchev–Trinajstić information content (AvgIpc) is 3.13. The van der Waals surface area contributed by atoms with Crippen LogP contribution < -0.4 is 4.90 Å². The predicted octanol–water partition coefficient (Wildman–Crippen LogP) is 9.48. The number of hydrogen-bond donors (Lipinski definition) is 2. The Hall–Kier alpha value is -7.22. The highest BCUT2D eigenvalue weighted by Gasteiger charge is 2.12. The Labute approximate surface area is 284 Å². The number of carboxylic acids is 2. The van der Waals surface area contributed by atoms with Gasteiger partial charge in [0.2, 0.25) is 0 Å². The lowest BCUT2D eigenvalue weighted by Gasteiger charge is -2.25. The zero-order chi connectivity index (χ0) is 34.6.